The molecule has 7 heteroatoms. The number of benzene rings is 1. The number of sulfonamides is 1. The molecule has 4 nitrogen and oxygen atoms in total. The quantitative estimate of drug-likeness (QED) is 0.850. The molecule has 2 N–H and O–H groups in total. The van der Waals surface area contributed by atoms with Gasteiger partial charge in [-0.25, -0.2) is 8.42 Å². The molecule has 1 fully saturated rings. The Labute approximate surface area is 123 Å². The maximum Gasteiger partial charge on any atom is 0.243 e. The lowest BCUT2D eigenvalue weighted by Crippen LogP contribution is -2.40. The summed E-state index contributed by atoms with van der Waals surface area (Å²) >= 11 is 7.81. The minimum Gasteiger partial charge on any atom is -0.398 e. The van der Waals surface area contributed by atoms with Crippen molar-refractivity contribution in [3.63, 3.8) is 0 Å². The molecule has 1 aromatic rings. The predicted molar refractivity (Wildman–Crippen MR) is 81.3 cm³/mol. The van der Waals surface area contributed by atoms with E-state index in [2.05, 4.69) is 0 Å². The van der Waals surface area contributed by atoms with Crippen molar-refractivity contribution >= 4 is 39.1 Å². The predicted octanol–water partition coefficient (Wildman–Crippen LogP) is 2.36. The van der Waals surface area contributed by atoms with E-state index >= 15 is 0 Å². The fourth-order valence-electron chi connectivity index (χ4n) is 1.98. The molecule has 1 atom stereocenters. The Morgan fingerprint density at radius 1 is 1.47 bits per heavy atom. The highest BCUT2D eigenvalue weighted by Gasteiger charge is 2.29. The molecule has 0 amide bonds. The minimum atomic E-state index is -3.50. The third kappa shape index (κ3) is 3.02. The summed E-state index contributed by atoms with van der Waals surface area (Å²) in [6, 6.07) is 2.97. The van der Waals surface area contributed by atoms with Gasteiger partial charge >= 0.3 is 0 Å². The van der Waals surface area contributed by atoms with Crippen molar-refractivity contribution in [3.8, 4) is 0 Å². The van der Waals surface area contributed by atoms with Crippen molar-refractivity contribution in [3.05, 3.63) is 22.7 Å². The molecule has 0 aliphatic carbocycles. The zero-order chi connectivity index (χ0) is 14.2. The molecule has 1 unspecified atom stereocenters. The fraction of sp³-hybridized carbons (Fsp3) is 0.500. The first-order valence-electron chi connectivity index (χ1n) is 5.99. The van der Waals surface area contributed by atoms with Gasteiger partial charge in [-0.2, -0.15) is 16.1 Å². The maximum atomic E-state index is 12.6. The second kappa shape index (κ2) is 5.52. The molecule has 19 heavy (non-hydrogen) atoms. The van der Waals surface area contributed by atoms with Gasteiger partial charge in [0.25, 0.3) is 0 Å². The van der Waals surface area contributed by atoms with Crippen molar-refractivity contribution < 1.29 is 8.42 Å². The van der Waals surface area contributed by atoms with E-state index in [1.807, 2.05) is 6.92 Å². The van der Waals surface area contributed by atoms with Crippen LogP contribution in [0.15, 0.2) is 17.0 Å². The molecule has 0 aromatic heterocycles. The summed E-state index contributed by atoms with van der Waals surface area (Å²) in [6.45, 7) is 4.86. The van der Waals surface area contributed by atoms with Crippen molar-refractivity contribution in [2.75, 3.05) is 24.6 Å². The molecule has 1 saturated heterocycles. The minimum absolute atomic E-state index is 0.180. The Hall–Kier alpha value is -0.430. The molecule has 1 aromatic carbocycles. The number of rotatable bonds is 2. The van der Waals surface area contributed by atoms with Crippen LogP contribution in [0.4, 0.5) is 5.69 Å². The summed E-state index contributed by atoms with van der Waals surface area (Å²) in [5.74, 6) is 0.815. The van der Waals surface area contributed by atoms with Gasteiger partial charge in [0.1, 0.15) is 0 Å². The van der Waals surface area contributed by atoms with E-state index in [0.29, 0.717) is 34.6 Å². The molecule has 1 aliphatic rings. The SMILES string of the molecule is Cc1c(N)cc(S(=O)(=O)N2CCSC(C)C2)cc1Cl. The molecule has 0 spiro atoms. The molecule has 2 rings (SSSR count). The average Bonchev–Trinajstić information content (AvgIpc) is 2.35. The summed E-state index contributed by atoms with van der Waals surface area (Å²) in [4.78, 5) is 0.180. The van der Waals surface area contributed by atoms with E-state index in [0.717, 1.165) is 5.75 Å². The van der Waals surface area contributed by atoms with Gasteiger partial charge in [0.05, 0.1) is 4.90 Å². The van der Waals surface area contributed by atoms with Crippen LogP contribution in [0.2, 0.25) is 5.02 Å². The van der Waals surface area contributed by atoms with Gasteiger partial charge in [-0.15, -0.1) is 0 Å². The number of nitrogens with two attached hydrogens (primary N) is 1. The van der Waals surface area contributed by atoms with E-state index in [-0.39, 0.29) is 4.90 Å². The van der Waals surface area contributed by atoms with Crippen LogP contribution < -0.4 is 5.73 Å². The van der Waals surface area contributed by atoms with Gasteiger partial charge in [-0.3, -0.25) is 0 Å². The van der Waals surface area contributed by atoms with E-state index in [9.17, 15) is 8.42 Å². The van der Waals surface area contributed by atoms with Crippen LogP contribution in [-0.2, 0) is 10.0 Å². The zero-order valence-electron chi connectivity index (χ0n) is 10.9. The summed E-state index contributed by atoms with van der Waals surface area (Å²) < 4.78 is 26.6. The van der Waals surface area contributed by atoms with Gasteiger partial charge in [0.15, 0.2) is 0 Å². The van der Waals surface area contributed by atoms with Crippen molar-refractivity contribution in [2.24, 2.45) is 0 Å². The smallest absolute Gasteiger partial charge is 0.243 e. The Bertz CT molecular complexity index is 566. The number of nitrogen functional groups attached to an aromatic ring is 1. The summed E-state index contributed by atoms with van der Waals surface area (Å²) in [7, 11) is -3.50. The largest absolute Gasteiger partial charge is 0.398 e. The second-order valence-corrected chi connectivity index (χ2v) is 8.56. The van der Waals surface area contributed by atoms with Crippen molar-refractivity contribution in [1.29, 1.82) is 0 Å². The Morgan fingerprint density at radius 2 is 2.16 bits per heavy atom. The number of anilines is 1. The first kappa shape index (κ1) is 15.0. The molecule has 1 heterocycles. The number of thioether (sulfide) groups is 1. The third-order valence-electron chi connectivity index (χ3n) is 3.20. The molecule has 0 radical (unpaired) electrons. The Morgan fingerprint density at radius 3 is 2.74 bits per heavy atom. The highest BCUT2D eigenvalue weighted by molar-refractivity contribution is 8.00. The Balaban J connectivity index is 2.39. The molecule has 0 saturated carbocycles. The highest BCUT2D eigenvalue weighted by Crippen LogP contribution is 2.29. The second-order valence-electron chi connectivity index (χ2n) is 4.66. The summed E-state index contributed by atoms with van der Waals surface area (Å²) in [6.07, 6.45) is 0. The van der Waals surface area contributed by atoms with Crippen LogP contribution in [0.25, 0.3) is 0 Å². The standard InChI is InChI=1S/C12H17ClN2O2S2/c1-8-7-15(3-4-18-8)19(16,17)10-5-11(13)9(2)12(14)6-10/h5-6,8H,3-4,7,14H2,1-2H3. The highest BCUT2D eigenvalue weighted by atomic mass is 35.5. The van der Waals surface area contributed by atoms with Gasteiger partial charge < -0.3 is 5.73 Å². The van der Waals surface area contributed by atoms with Gasteiger partial charge in [0, 0.05) is 34.8 Å². The first-order chi connectivity index (χ1) is 8.82. The molecule has 106 valence electrons. The van der Waals surface area contributed by atoms with E-state index in [1.54, 1.807) is 18.7 Å². The van der Waals surface area contributed by atoms with Crippen LogP contribution in [0, 0.1) is 6.92 Å². The van der Waals surface area contributed by atoms with Gasteiger partial charge in [-0.05, 0) is 24.6 Å². The van der Waals surface area contributed by atoms with Crippen LogP contribution in [0.5, 0.6) is 0 Å². The average molecular weight is 321 g/mol. The lowest BCUT2D eigenvalue weighted by Gasteiger charge is -2.29. The van der Waals surface area contributed by atoms with Crippen LogP contribution in [-0.4, -0.2) is 36.8 Å². The molecular weight excluding hydrogens is 304 g/mol. The van der Waals surface area contributed by atoms with E-state index in [4.69, 9.17) is 17.3 Å². The van der Waals surface area contributed by atoms with E-state index < -0.39 is 10.0 Å². The van der Waals surface area contributed by atoms with Gasteiger partial charge in [0.2, 0.25) is 10.0 Å². The summed E-state index contributed by atoms with van der Waals surface area (Å²) in [5.41, 5.74) is 6.92. The molecular formula is C12H17ClN2O2S2. The number of nitrogens with zero attached hydrogens (tertiary/aromatic N) is 1. The molecule has 1 aliphatic heterocycles. The first-order valence-corrected chi connectivity index (χ1v) is 8.86. The third-order valence-corrected chi connectivity index (χ3v) is 6.57. The van der Waals surface area contributed by atoms with Crippen LogP contribution in [0.1, 0.15) is 12.5 Å². The number of halogens is 1. The number of hydrogen-bond acceptors (Lipinski definition) is 4. The zero-order valence-corrected chi connectivity index (χ0v) is 13.3. The van der Waals surface area contributed by atoms with Crippen LogP contribution in [0.3, 0.4) is 0 Å². The van der Waals surface area contributed by atoms with Crippen molar-refractivity contribution in [2.45, 2.75) is 24.0 Å². The lowest BCUT2D eigenvalue weighted by molar-refractivity contribution is 0.424. The monoisotopic (exact) mass is 320 g/mol. The summed E-state index contributed by atoms with van der Waals surface area (Å²) in [5, 5.41) is 0.694. The fourth-order valence-corrected chi connectivity index (χ4v) is 5.08. The van der Waals surface area contributed by atoms with E-state index in [1.165, 1.54) is 16.4 Å². The maximum absolute atomic E-state index is 12.6. The number of hydrogen-bond donors (Lipinski definition) is 1. The molecule has 0 bridgehead atoms. The Kier molecular flexibility index (Phi) is 4.35. The van der Waals surface area contributed by atoms with Crippen molar-refractivity contribution in [1.82, 2.24) is 4.31 Å². The normalized spacial score (nSPS) is 21.5. The van der Waals surface area contributed by atoms with Gasteiger partial charge in [-0.1, -0.05) is 18.5 Å². The topological polar surface area (TPSA) is 63.4 Å². The lowest BCUT2D eigenvalue weighted by atomic mass is 10.2. The van der Waals surface area contributed by atoms with Crippen LogP contribution >= 0.6 is 23.4 Å².